The van der Waals surface area contributed by atoms with E-state index in [4.69, 9.17) is 4.74 Å². The van der Waals surface area contributed by atoms with E-state index < -0.39 is 16.1 Å². The first kappa shape index (κ1) is 25.0. The van der Waals surface area contributed by atoms with Gasteiger partial charge in [-0.05, 0) is 50.1 Å². The van der Waals surface area contributed by atoms with Crippen LogP contribution in [-0.2, 0) is 14.8 Å². The molecule has 1 heterocycles. The molecule has 1 fully saturated rings. The van der Waals surface area contributed by atoms with Crippen molar-refractivity contribution in [3.05, 3.63) is 48.5 Å². The zero-order valence-electron chi connectivity index (χ0n) is 19.2. The number of rotatable bonds is 9. The summed E-state index contributed by atoms with van der Waals surface area (Å²) in [6.07, 6.45) is 3.12. The number of para-hydroxylation sites is 1. The number of hydrogen-bond donors (Lipinski definition) is 2. The first-order chi connectivity index (χ1) is 15.8. The van der Waals surface area contributed by atoms with E-state index >= 15 is 0 Å². The summed E-state index contributed by atoms with van der Waals surface area (Å²) in [7, 11) is -2.20. The molecule has 0 radical (unpaired) electrons. The lowest BCUT2D eigenvalue weighted by Gasteiger charge is -2.26. The smallest absolute Gasteiger partial charge is 0.243 e. The number of carbonyl (C=O) groups excluding carboxylic acids is 1. The van der Waals surface area contributed by atoms with Gasteiger partial charge in [-0.1, -0.05) is 31.0 Å². The van der Waals surface area contributed by atoms with Crippen LogP contribution in [0.4, 0.5) is 11.4 Å². The lowest BCUT2D eigenvalue weighted by molar-refractivity contribution is -0.115. The minimum absolute atomic E-state index is 0.0127. The number of sulfonamides is 1. The van der Waals surface area contributed by atoms with Crippen LogP contribution in [0, 0.1) is 0 Å². The molecule has 33 heavy (non-hydrogen) atoms. The fourth-order valence-electron chi connectivity index (χ4n) is 3.96. The van der Waals surface area contributed by atoms with E-state index in [9.17, 15) is 18.3 Å². The first-order valence-electron chi connectivity index (χ1n) is 11.3. The molecule has 2 N–H and O–H groups in total. The second-order valence-corrected chi connectivity index (χ2v) is 10.2. The molecule has 0 bridgehead atoms. The standard InChI is InChI=1S/C24H33N3O5S/c1-19(28)17-26(20-10-6-5-7-11-20)18-24(29)25-22-16-21(12-13-23(22)32-2)33(30,31)27-14-8-3-4-9-15-27/h5-7,10-13,16,19,28H,3-4,8-9,14-15,17-18H2,1-2H3,(H,25,29). The number of hydrogen-bond acceptors (Lipinski definition) is 6. The molecule has 1 saturated heterocycles. The molecule has 0 aromatic heterocycles. The van der Waals surface area contributed by atoms with Gasteiger partial charge in [-0.2, -0.15) is 4.31 Å². The molecular formula is C24H33N3O5S. The molecule has 1 aliphatic rings. The van der Waals surface area contributed by atoms with Crippen molar-refractivity contribution in [1.82, 2.24) is 4.31 Å². The molecule has 1 atom stereocenters. The Kier molecular flexibility index (Phi) is 8.71. The topological polar surface area (TPSA) is 99.2 Å². The Morgan fingerprint density at radius 3 is 2.39 bits per heavy atom. The minimum atomic E-state index is -3.67. The van der Waals surface area contributed by atoms with Gasteiger partial charge in [-0.25, -0.2) is 8.42 Å². The Balaban J connectivity index is 1.81. The van der Waals surface area contributed by atoms with Gasteiger partial charge in [0.1, 0.15) is 5.75 Å². The number of aliphatic hydroxyl groups is 1. The normalized spacial score (nSPS) is 16.0. The average molecular weight is 476 g/mol. The lowest BCUT2D eigenvalue weighted by Crippen LogP contribution is -2.37. The van der Waals surface area contributed by atoms with E-state index in [1.165, 1.54) is 23.5 Å². The Hall–Kier alpha value is -2.62. The molecule has 2 aromatic rings. The molecule has 180 valence electrons. The summed E-state index contributed by atoms with van der Waals surface area (Å²) < 4.78 is 33.3. The highest BCUT2D eigenvalue weighted by Crippen LogP contribution is 2.30. The van der Waals surface area contributed by atoms with Crippen LogP contribution in [0.25, 0.3) is 0 Å². The second-order valence-electron chi connectivity index (χ2n) is 8.29. The Labute approximate surface area is 196 Å². The molecule has 3 rings (SSSR count). The van der Waals surface area contributed by atoms with E-state index in [0.29, 0.717) is 24.5 Å². The zero-order valence-corrected chi connectivity index (χ0v) is 20.1. The highest BCUT2D eigenvalue weighted by Gasteiger charge is 2.26. The lowest BCUT2D eigenvalue weighted by atomic mass is 10.2. The Morgan fingerprint density at radius 1 is 1.12 bits per heavy atom. The Morgan fingerprint density at radius 2 is 1.79 bits per heavy atom. The molecule has 8 nitrogen and oxygen atoms in total. The molecule has 0 spiro atoms. The van der Waals surface area contributed by atoms with Gasteiger partial charge in [0, 0.05) is 25.3 Å². The van der Waals surface area contributed by atoms with Gasteiger partial charge < -0.3 is 20.1 Å². The third kappa shape index (κ3) is 6.69. The molecule has 1 aliphatic heterocycles. The number of methoxy groups -OCH3 is 1. The fourth-order valence-corrected chi connectivity index (χ4v) is 5.50. The predicted molar refractivity (Wildman–Crippen MR) is 129 cm³/mol. The summed E-state index contributed by atoms with van der Waals surface area (Å²) in [4.78, 5) is 14.8. The number of benzene rings is 2. The van der Waals surface area contributed by atoms with Crippen molar-refractivity contribution in [2.75, 3.05) is 43.5 Å². The second kappa shape index (κ2) is 11.5. The monoisotopic (exact) mass is 475 g/mol. The van der Waals surface area contributed by atoms with Crippen molar-refractivity contribution >= 4 is 27.3 Å². The van der Waals surface area contributed by atoms with E-state index in [1.807, 2.05) is 30.3 Å². The summed E-state index contributed by atoms with van der Waals surface area (Å²) in [5.41, 5.74) is 1.10. The number of carbonyl (C=O) groups is 1. The van der Waals surface area contributed by atoms with Crippen LogP contribution < -0.4 is 15.0 Å². The molecular weight excluding hydrogens is 442 g/mol. The maximum Gasteiger partial charge on any atom is 0.243 e. The summed E-state index contributed by atoms with van der Waals surface area (Å²) in [5.74, 6) is 0.0297. The van der Waals surface area contributed by atoms with Gasteiger partial charge in [0.2, 0.25) is 15.9 Å². The summed E-state index contributed by atoms with van der Waals surface area (Å²) in [5, 5.41) is 12.7. The van der Waals surface area contributed by atoms with Crippen LogP contribution in [0.15, 0.2) is 53.4 Å². The number of ether oxygens (including phenoxy) is 1. The van der Waals surface area contributed by atoms with E-state index in [1.54, 1.807) is 17.9 Å². The van der Waals surface area contributed by atoms with Crippen LogP contribution in [0.5, 0.6) is 5.75 Å². The van der Waals surface area contributed by atoms with Gasteiger partial charge in [0.25, 0.3) is 0 Å². The van der Waals surface area contributed by atoms with Gasteiger partial charge in [-0.3, -0.25) is 4.79 Å². The van der Waals surface area contributed by atoms with Gasteiger partial charge in [-0.15, -0.1) is 0 Å². The van der Waals surface area contributed by atoms with E-state index in [2.05, 4.69) is 5.32 Å². The molecule has 9 heteroatoms. The van der Waals surface area contributed by atoms with Crippen LogP contribution in [0.1, 0.15) is 32.6 Å². The van der Waals surface area contributed by atoms with Crippen molar-refractivity contribution < 1.29 is 23.1 Å². The molecule has 0 aliphatic carbocycles. The van der Waals surface area contributed by atoms with E-state index in [0.717, 1.165) is 31.4 Å². The third-order valence-electron chi connectivity index (χ3n) is 5.59. The minimum Gasteiger partial charge on any atom is -0.495 e. The predicted octanol–water partition coefficient (Wildman–Crippen LogP) is 3.09. The highest BCUT2D eigenvalue weighted by atomic mass is 32.2. The number of nitrogens with one attached hydrogen (secondary N) is 1. The molecule has 2 aromatic carbocycles. The maximum atomic E-state index is 13.2. The van der Waals surface area contributed by atoms with Crippen molar-refractivity contribution in [1.29, 1.82) is 0 Å². The number of nitrogens with zero attached hydrogens (tertiary/aromatic N) is 2. The third-order valence-corrected chi connectivity index (χ3v) is 7.48. The van der Waals surface area contributed by atoms with Crippen LogP contribution in [0.2, 0.25) is 0 Å². The SMILES string of the molecule is COc1ccc(S(=O)(=O)N2CCCCCC2)cc1NC(=O)CN(CC(C)O)c1ccccc1. The largest absolute Gasteiger partial charge is 0.495 e. The number of anilines is 2. The summed E-state index contributed by atoms with van der Waals surface area (Å²) in [6, 6.07) is 13.9. The van der Waals surface area contributed by atoms with Gasteiger partial charge in [0.05, 0.1) is 30.3 Å². The molecule has 1 amide bonds. The first-order valence-corrected chi connectivity index (χ1v) is 12.7. The van der Waals surface area contributed by atoms with Crippen molar-refractivity contribution in [3.63, 3.8) is 0 Å². The quantitative estimate of drug-likeness (QED) is 0.578. The number of aliphatic hydroxyl groups excluding tert-OH is 1. The number of amides is 1. The Bertz CT molecular complexity index is 1020. The molecule has 0 saturated carbocycles. The fraction of sp³-hybridized carbons (Fsp3) is 0.458. The van der Waals surface area contributed by atoms with Gasteiger partial charge in [0.15, 0.2) is 0 Å². The van der Waals surface area contributed by atoms with Crippen LogP contribution >= 0.6 is 0 Å². The average Bonchev–Trinajstić information content (AvgIpc) is 3.09. The van der Waals surface area contributed by atoms with Crippen molar-refractivity contribution in [2.24, 2.45) is 0 Å². The van der Waals surface area contributed by atoms with Crippen molar-refractivity contribution in [2.45, 2.75) is 43.6 Å². The maximum absolute atomic E-state index is 13.2. The van der Waals surface area contributed by atoms with Crippen molar-refractivity contribution in [3.8, 4) is 5.75 Å². The summed E-state index contributed by atoms with van der Waals surface area (Å²) >= 11 is 0. The van der Waals surface area contributed by atoms with Crippen LogP contribution in [0.3, 0.4) is 0 Å². The zero-order chi connectivity index (χ0) is 23.8. The highest BCUT2D eigenvalue weighted by molar-refractivity contribution is 7.89. The van der Waals surface area contributed by atoms with Crippen LogP contribution in [-0.4, -0.2) is 63.1 Å². The molecule has 1 unspecified atom stereocenters. The van der Waals surface area contributed by atoms with E-state index in [-0.39, 0.29) is 23.9 Å². The van der Waals surface area contributed by atoms with Gasteiger partial charge >= 0.3 is 0 Å². The summed E-state index contributed by atoms with van der Waals surface area (Å²) in [6.45, 7) is 2.93.